The lowest BCUT2D eigenvalue weighted by Crippen LogP contribution is -2.50. The minimum Gasteiger partial charge on any atom is -0.346 e. The average molecular weight is 483 g/mol. The molecule has 1 saturated heterocycles. The van der Waals surface area contributed by atoms with Gasteiger partial charge >= 0.3 is 0 Å². The van der Waals surface area contributed by atoms with E-state index < -0.39 is 6.04 Å². The van der Waals surface area contributed by atoms with Gasteiger partial charge in [0.05, 0.1) is 5.69 Å². The van der Waals surface area contributed by atoms with Crippen LogP contribution in [0.25, 0.3) is 0 Å². The summed E-state index contributed by atoms with van der Waals surface area (Å²) >= 11 is 7.59. The Labute approximate surface area is 203 Å². The highest BCUT2D eigenvalue weighted by Gasteiger charge is 2.28. The van der Waals surface area contributed by atoms with Crippen molar-refractivity contribution in [3.8, 4) is 0 Å². The van der Waals surface area contributed by atoms with Crippen molar-refractivity contribution in [3.05, 3.63) is 81.8 Å². The molecule has 1 aliphatic heterocycles. The van der Waals surface area contributed by atoms with Crippen molar-refractivity contribution in [1.82, 2.24) is 15.2 Å². The molecule has 1 atom stereocenters. The standard InChI is InChI=1S/C25H27ClN4O2S/c1-18-17-33-25(27-18)30-13-5-12-29(14-15-30)24(32)22(16-19-6-3-2-4-7-19)28-23(31)20-8-10-21(26)11-9-20/h2-4,6-11,17,22H,5,12-16H2,1H3,(H,28,31). The lowest BCUT2D eigenvalue weighted by molar-refractivity contribution is -0.133. The molecule has 1 fully saturated rings. The van der Waals surface area contributed by atoms with Gasteiger partial charge in [0.2, 0.25) is 5.91 Å². The summed E-state index contributed by atoms with van der Waals surface area (Å²) in [5, 5.41) is 6.58. The number of halogens is 1. The van der Waals surface area contributed by atoms with Gasteiger partial charge in [-0.25, -0.2) is 4.98 Å². The second kappa shape index (κ2) is 10.8. The van der Waals surface area contributed by atoms with Gasteiger partial charge in [-0.15, -0.1) is 11.3 Å². The molecule has 2 amide bonds. The van der Waals surface area contributed by atoms with E-state index in [1.165, 1.54) is 0 Å². The fourth-order valence-electron chi connectivity index (χ4n) is 3.93. The summed E-state index contributed by atoms with van der Waals surface area (Å²) in [6, 6.07) is 15.8. The summed E-state index contributed by atoms with van der Waals surface area (Å²) in [4.78, 5) is 35.2. The summed E-state index contributed by atoms with van der Waals surface area (Å²) in [5.74, 6) is -0.339. The molecule has 2 heterocycles. The van der Waals surface area contributed by atoms with E-state index in [0.29, 0.717) is 30.1 Å². The number of thiazole rings is 1. The maximum absolute atomic E-state index is 13.6. The Kier molecular flexibility index (Phi) is 7.62. The average Bonchev–Trinajstić information content (AvgIpc) is 3.11. The first-order valence-corrected chi connectivity index (χ1v) is 12.3. The number of carbonyl (C=O) groups excluding carboxylic acids is 2. The molecule has 33 heavy (non-hydrogen) atoms. The first kappa shape index (κ1) is 23.3. The molecule has 1 aliphatic rings. The van der Waals surface area contributed by atoms with E-state index in [1.807, 2.05) is 47.5 Å². The van der Waals surface area contributed by atoms with Crippen LogP contribution < -0.4 is 10.2 Å². The predicted octanol–water partition coefficient (Wildman–Crippen LogP) is 4.18. The van der Waals surface area contributed by atoms with Crippen LogP contribution in [0, 0.1) is 6.92 Å². The summed E-state index contributed by atoms with van der Waals surface area (Å²) in [6.45, 7) is 4.83. The topological polar surface area (TPSA) is 65.5 Å². The number of aryl methyl sites for hydroxylation is 1. The minimum absolute atomic E-state index is 0.0571. The van der Waals surface area contributed by atoms with Crippen molar-refractivity contribution in [2.24, 2.45) is 0 Å². The Morgan fingerprint density at radius 2 is 1.82 bits per heavy atom. The monoisotopic (exact) mass is 482 g/mol. The van der Waals surface area contributed by atoms with Crippen LogP contribution >= 0.6 is 22.9 Å². The summed E-state index contributed by atoms with van der Waals surface area (Å²) in [7, 11) is 0. The van der Waals surface area contributed by atoms with Crippen LogP contribution in [0.2, 0.25) is 5.02 Å². The molecule has 2 aromatic carbocycles. The van der Waals surface area contributed by atoms with Crippen molar-refractivity contribution in [1.29, 1.82) is 0 Å². The number of hydrogen-bond donors (Lipinski definition) is 1. The molecular weight excluding hydrogens is 456 g/mol. The van der Waals surface area contributed by atoms with Gasteiger partial charge in [-0.3, -0.25) is 9.59 Å². The molecule has 0 bridgehead atoms. The van der Waals surface area contributed by atoms with E-state index in [-0.39, 0.29) is 11.8 Å². The molecule has 8 heteroatoms. The number of anilines is 1. The highest BCUT2D eigenvalue weighted by molar-refractivity contribution is 7.13. The van der Waals surface area contributed by atoms with Crippen LogP contribution in [-0.2, 0) is 11.2 Å². The number of amides is 2. The van der Waals surface area contributed by atoms with Crippen LogP contribution in [0.4, 0.5) is 5.13 Å². The zero-order valence-corrected chi connectivity index (χ0v) is 20.1. The summed E-state index contributed by atoms with van der Waals surface area (Å²) in [5.41, 5.74) is 2.49. The van der Waals surface area contributed by atoms with E-state index in [0.717, 1.165) is 35.9 Å². The highest BCUT2D eigenvalue weighted by atomic mass is 35.5. The number of carbonyl (C=O) groups is 2. The molecule has 0 radical (unpaired) electrons. The van der Waals surface area contributed by atoms with E-state index in [4.69, 9.17) is 11.6 Å². The Morgan fingerprint density at radius 3 is 2.52 bits per heavy atom. The third-order valence-corrected chi connectivity index (χ3v) is 6.95. The fraction of sp³-hybridized carbons (Fsp3) is 0.320. The Morgan fingerprint density at radius 1 is 1.06 bits per heavy atom. The highest BCUT2D eigenvalue weighted by Crippen LogP contribution is 2.22. The molecule has 172 valence electrons. The lowest BCUT2D eigenvalue weighted by atomic mass is 10.0. The molecule has 1 N–H and O–H groups in total. The number of rotatable bonds is 6. The van der Waals surface area contributed by atoms with Crippen molar-refractivity contribution < 1.29 is 9.59 Å². The number of aromatic nitrogens is 1. The molecular formula is C25H27ClN4O2S. The largest absolute Gasteiger partial charge is 0.346 e. The summed E-state index contributed by atoms with van der Waals surface area (Å²) in [6.07, 6.45) is 1.29. The molecule has 0 spiro atoms. The van der Waals surface area contributed by atoms with Crippen molar-refractivity contribution in [2.75, 3.05) is 31.1 Å². The van der Waals surface area contributed by atoms with Crippen molar-refractivity contribution in [3.63, 3.8) is 0 Å². The molecule has 3 aromatic rings. The normalized spacial score (nSPS) is 15.1. The lowest BCUT2D eigenvalue weighted by Gasteiger charge is -2.27. The van der Waals surface area contributed by atoms with Gasteiger partial charge in [0.25, 0.3) is 5.91 Å². The van der Waals surface area contributed by atoms with E-state index >= 15 is 0 Å². The fourth-order valence-corrected chi connectivity index (χ4v) is 4.91. The SMILES string of the molecule is Cc1csc(N2CCCN(C(=O)C(Cc3ccccc3)NC(=O)c3ccc(Cl)cc3)CC2)n1. The van der Waals surface area contributed by atoms with Crippen molar-refractivity contribution >= 4 is 39.9 Å². The first-order chi connectivity index (χ1) is 16.0. The van der Waals surface area contributed by atoms with Crippen LogP contribution in [0.3, 0.4) is 0 Å². The van der Waals surface area contributed by atoms with Crippen LogP contribution in [-0.4, -0.2) is 53.9 Å². The zero-order valence-electron chi connectivity index (χ0n) is 18.5. The predicted molar refractivity (Wildman–Crippen MR) is 133 cm³/mol. The van der Waals surface area contributed by atoms with Gasteiger partial charge < -0.3 is 15.1 Å². The number of nitrogens with one attached hydrogen (secondary N) is 1. The number of nitrogens with zero attached hydrogens (tertiary/aromatic N) is 3. The Hall–Kier alpha value is -2.90. The third kappa shape index (κ3) is 6.12. The minimum atomic E-state index is -0.649. The van der Waals surface area contributed by atoms with E-state index in [2.05, 4.69) is 15.2 Å². The van der Waals surface area contributed by atoms with Crippen LogP contribution in [0.1, 0.15) is 28.0 Å². The molecule has 6 nitrogen and oxygen atoms in total. The van der Waals surface area contributed by atoms with Crippen LogP contribution in [0.5, 0.6) is 0 Å². The van der Waals surface area contributed by atoms with E-state index in [9.17, 15) is 9.59 Å². The Balaban J connectivity index is 1.48. The maximum Gasteiger partial charge on any atom is 0.251 e. The van der Waals surface area contributed by atoms with Crippen LogP contribution in [0.15, 0.2) is 60.0 Å². The molecule has 1 aromatic heterocycles. The maximum atomic E-state index is 13.6. The summed E-state index contributed by atoms with van der Waals surface area (Å²) < 4.78 is 0. The molecule has 0 aliphatic carbocycles. The zero-order chi connectivity index (χ0) is 23.2. The van der Waals surface area contributed by atoms with Gasteiger partial charge in [-0.1, -0.05) is 41.9 Å². The number of hydrogen-bond acceptors (Lipinski definition) is 5. The molecule has 1 unspecified atom stereocenters. The first-order valence-electron chi connectivity index (χ1n) is 11.1. The van der Waals surface area contributed by atoms with Crippen molar-refractivity contribution in [2.45, 2.75) is 25.8 Å². The van der Waals surface area contributed by atoms with Gasteiger partial charge in [-0.2, -0.15) is 0 Å². The second-order valence-corrected chi connectivity index (χ2v) is 9.43. The quantitative estimate of drug-likeness (QED) is 0.572. The van der Waals surface area contributed by atoms with Gasteiger partial charge in [0.15, 0.2) is 5.13 Å². The second-order valence-electron chi connectivity index (χ2n) is 8.16. The van der Waals surface area contributed by atoms with Gasteiger partial charge in [0.1, 0.15) is 6.04 Å². The van der Waals surface area contributed by atoms with Gasteiger partial charge in [-0.05, 0) is 43.2 Å². The smallest absolute Gasteiger partial charge is 0.251 e. The van der Waals surface area contributed by atoms with E-state index in [1.54, 1.807) is 35.6 Å². The third-order valence-electron chi connectivity index (χ3n) is 5.68. The Bertz CT molecular complexity index is 1090. The number of benzene rings is 2. The molecule has 0 saturated carbocycles. The van der Waals surface area contributed by atoms with Gasteiger partial charge in [0, 0.05) is 48.6 Å². The molecule has 4 rings (SSSR count).